The van der Waals surface area contributed by atoms with Crippen LogP contribution in [0, 0.1) is 6.92 Å². The minimum atomic E-state index is -0.198. The van der Waals surface area contributed by atoms with E-state index in [1.165, 1.54) is 0 Å². The number of halogens is 1. The van der Waals surface area contributed by atoms with Crippen LogP contribution in [0.3, 0.4) is 0 Å². The first-order chi connectivity index (χ1) is 12.1. The van der Waals surface area contributed by atoms with Gasteiger partial charge in [-0.05, 0) is 48.4 Å². The van der Waals surface area contributed by atoms with Crippen LogP contribution >= 0.6 is 15.9 Å². The summed E-state index contributed by atoms with van der Waals surface area (Å²) in [6.45, 7) is 2.64. The number of aromatic nitrogens is 2. The summed E-state index contributed by atoms with van der Waals surface area (Å²) in [5.41, 5.74) is 4.24. The van der Waals surface area contributed by atoms with E-state index in [2.05, 4.69) is 36.5 Å². The Balaban J connectivity index is 1.67. The molecule has 126 valence electrons. The lowest BCUT2D eigenvalue weighted by molar-refractivity contribution is 0.102. The van der Waals surface area contributed by atoms with Gasteiger partial charge < -0.3 is 10.6 Å². The third-order valence-corrected chi connectivity index (χ3v) is 4.53. The number of anilines is 2. The second-order valence-electron chi connectivity index (χ2n) is 5.59. The Morgan fingerprint density at radius 1 is 1.04 bits per heavy atom. The van der Waals surface area contributed by atoms with Gasteiger partial charge in [0.05, 0.1) is 11.3 Å². The zero-order valence-electron chi connectivity index (χ0n) is 13.7. The Labute approximate surface area is 154 Å². The van der Waals surface area contributed by atoms with Crippen LogP contribution in [-0.4, -0.2) is 15.9 Å². The van der Waals surface area contributed by atoms with Gasteiger partial charge in [-0.25, -0.2) is 0 Å². The summed E-state index contributed by atoms with van der Waals surface area (Å²) < 4.78 is 0.955. The van der Waals surface area contributed by atoms with Crippen LogP contribution in [0.1, 0.15) is 21.5 Å². The molecule has 3 aromatic rings. The van der Waals surface area contributed by atoms with Crippen molar-refractivity contribution < 1.29 is 4.79 Å². The average molecular weight is 397 g/mol. The van der Waals surface area contributed by atoms with Crippen molar-refractivity contribution in [2.24, 2.45) is 0 Å². The monoisotopic (exact) mass is 396 g/mol. The molecular weight excluding hydrogens is 380 g/mol. The Kier molecular flexibility index (Phi) is 5.40. The van der Waals surface area contributed by atoms with Gasteiger partial charge in [0.15, 0.2) is 0 Å². The van der Waals surface area contributed by atoms with Crippen molar-refractivity contribution in [3.63, 3.8) is 0 Å². The van der Waals surface area contributed by atoms with Crippen LogP contribution in [-0.2, 0) is 6.54 Å². The van der Waals surface area contributed by atoms with Gasteiger partial charge in [-0.15, -0.1) is 0 Å². The third kappa shape index (κ3) is 4.64. The van der Waals surface area contributed by atoms with Crippen LogP contribution < -0.4 is 10.6 Å². The van der Waals surface area contributed by atoms with Gasteiger partial charge in [-0.2, -0.15) is 0 Å². The number of rotatable bonds is 5. The van der Waals surface area contributed by atoms with E-state index in [-0.39, 0.29) is 5.91 Å². The molecular formula is C19H17BrN4O. The Hall–Kier alpha value is -2.73. The number of aryl methyl sites for hydroxylation is 1. The Morgan fingerprint density at radius 3 is 2.60 bits per heavy atom. The van der Waals surface area contributed by atoms with Crippen molar-refractivity contribution in [1.29, 1.82) is 0 Å². The quantitative estimate of drug-likeness (QED) is 0.669. The summed E-state index contributed by atoms with van der Waals surface area (Å²) in [6.07, 6.45) is 6.74. The fourth-order valence-electron chi connectivity index (χ4n) is 2.24. The van der Waals surface area contributed by atoms with E-state index in [0.717, 1.165) is 27.0 Å². The molecule has 3 rings (SSSR count). The van der Waals surface area contributed by atoms with Crippen LogP contribution in [0.25, 0.3) is 0 Å². The van der Waals surface area contributed by atoms with Gasteiger partial charge in [0.2, 0.25) is 0 Å². The molecule has 0 saturated heterocycles. The molecule has 1 amide bonds. The smallest absolute Gasteiger partial charge is 0.257 e. The molecule has 25 heavy (non-hydrogen) atoms. The van der Waals surface area contributed by atoms with E-state index in [4.69, 9.17) is 0 Å². The molecule has 0 radical (unpaired) electrons. The van der Waals surface area contributed by atoms with E-state index < -0.39 is 0 Å². The molecule has 0 atom stereocenters. The molecule has 2 heterocycles. The SMILES string of the molecule is Cc1ccc(NC(=O)c2cncc(NCc3ccncc3)c2)cc1Br. The molecule has 0 spiro atoms. The number of pyridine rings is 2. The minimum Gasteiger partial charge on any atom is -0.380 e. The summed E-state index contributed by atoms with van der Waals surface area (Å²) >= 11 is 3.47. The molecule has 5 nitrogen and oxygen atoms in total. The third-order valence-electron chi connectivity index (χ3n) is 3.68. The van der Waals surface area contributed by atoms with E-state index in [1.807, 2.05) is 37.3 Å². The first-order valence-corrected chi connectivity index (χ1v) is 8.56. The maximum Gasteiger partial charge on any atom is 0.257 e. The number of carbonyl (C=O) groups is 1. The molecule has 0 aliphatic carbocycles. The highest BCUT2D eigenvalue weighted by Crippen LogP contribution is 2.21. The van der Waals surface area contributed by atoms with E-state index in [0.29, 0.717) is 12.1 Å². The summed E-state index contributed by atoms with van der Waals surface area (Å²) in [4.78, 5) is 20.6. The molecule has 0 bridgehead atoms. The number of benzene rings is 1. The molecule has 0 aliphatic rings. The number of nitrogens with one attached hydrogen (secondary N) is 2. The zero-order valence-corrected chi connectivity index (χ0v) is 15.2. The average Bonchev–Trinajstić information content (AvgIpc) is 2.64. The van der Waals surface area contributed by atoms with Crippen molar-refractivity contribution in [2.45, 2.75) is 13.5 Å². The van der Waals surface area contributed by atoms with Gasteiger partial charge in [0.25, 0.3) is 5.91 Å². The van der Waals surface area contributed by atoms with Gasteiger partial charge in [-0.1, -0.05) is 22.0 Å². The van der Waals surface area contributed by atoms with Crippen molar-refractivity contribution in [2.75, 3.05) is 10.6 Å². The lowest BCUT2D eigenvalue weighted by Crippen LogP contribution is -2.13. The molecule has 1 aromatic carbocycles. The van der Waals surface area contributed by atoms with Gasteiger partial charge in [0.1, 0.15) is 0 Å². The zero-order chi connectivity index (χ0) is 17.6. The summed E-state index contributed by atoms with van der Waals surface area (Å²) in [5, 5.41) is 6.14. The molecule has 6 heteroatoms. The van der Waals surface area contributed by atoms with Crippen LogP contribution in [0.2, 0.25) is 0 Å². The molecule has 0 saturated carbocycles. The number of hydrogen-bond donors (Lipinski definition) is 2. The maximum atomic E-state index is 12.4. The first kappa shape index (κ1) is 17.1. The largest absolute Gasteiger partial charge is 0.380 e. The van der Waals surface area contributed by atoms with Gasteiger partial charge >= 0.3 is 0 Å². The standard InChI is InChI=1S/C19H17BrN4O/c1-13-2-3-16(9-18(13)20)24-19(25)15-8-17(12-22-11-15)23-10-14-4-6-21-7-5-14/h2-9,11-12,23H,10H2,1H3,(H,24,25). The minimum absolute atomic E-state index is 0.198. The second kappa shape index (κ2) is 7.90. The normalized spacial score (nSPS) is 10.3. The molecule has 2 aromatic heterocycles. The van der Waals surface area contributed by atoms with E-state index in [9.17, 15) is 4.79 Å². The fraction of sp³-hybridized carbons (Fsp3) is 0.105. The molecule has 0 aliphatic heterocycles. The lowest BCUT2D eigenvalue weighted by atomic mass is 10.2. The maximum absolute atomic E-state index is 12.4. The van der Waals surface area contributed by atoms with Gasteiger partial charge in [0, 0.05) is 41.5 Å². The van der Waals surface area contributed by atoms with Crippen LogP contribution in [0.15, 0.2) is 65.7 Å². The number of hydrogen-bond acceptors (Lipinski definition) is 4. The highest BCUT2D eigenvalue weighted by atomic mass is 79.9. The predicted octanol–water partition coefficient (Wildman–Crippen LogP) is 4.41. The van der Waals surface area contributed by atoms with Crippen LogP contribution in [0.4, 0.5) is 11.4 Å². The number of nitrogens with zero attached hydrogens (tertiary/aromatic N) is 2. The molecule has 0 fully saturated rings. The highest BCUT2D eigenvalue weighted by molar-refractivity contribution is 9.10. The molecule has 0 unspecified atom stereocenters. The summed E-state index contributed by atoms with van der Waals surface area (Å²) in [5.74, 6) is -0.198. The number of amides is 1. The summed E-state index contributed by atoms with van der Waals surface area (Å²) in [7, 11) is 0. The highest BCUT2D eigenvalue weighted by Gasteiger charge is 2.08. The van der Waals surface area contributed by atoms with Crippen molar-refractivity contribution >= 4 is 33.2 Å². The Morgan fingerprint density at radius 2 is 1.84 bits per heavy atom. The number of carbonyl (C=O) groups excluding carboxylic acids is 1. The molecule has 2 N–H and O–H groups in total. The van der Waals surface area contributed by atoms with E-state index >= 15 is 0 Å². The van der Waals surface area contributed by atoms with Crippen LogP contribution in [0.5, 0.6) is 0 Å². The summed E-state index contributed by atoms with van der Waals surface area (Å²) in [6, 6.07) is 11.4. The van der Waals surface area contributed by atoms with Crippen molar-refractivity contribution in [1.82, 2.24) is 9.97 Å². The second-order valence-corrected chi connectivity index (χ2v) is 6.44. The van der Waals surface area contributed by atoms with Crippen molar-refractivity contribution in [3.8, 4) is 0 Å². The topological polar surface area (TPSA) is 66.9 Å². The predicted molar refractivity (Wildman–Crippen MR) is 103 cm³/mol. The first-order valence-electron chi connectivity index (χ1n) is 7.77. The fourth-order valence-corrected chi connectivity index (χ4v) is 2.62. The van der Waals surface area contributed by atoms with E-state index in [1.54, 1.807) is 30.9 Å². The van der Waals surface area contributed by atoms with Crippen molar-refractivity contribution in [3.05, 3.63) is 82.3 Å². The Bertz CT molecular complexity index is 884. The van der Waals surface area contributed by atoms with Gasteiger partial charge in [-0.3, -0.25) is 14.8 Å². The lowest BCUT2D eigenvalue weighted by Gasteiger charge is -2.09.